The van der Waals surface area contributed by atoms with Crippen LogP contribution in [0.25, 0.3) is 0 Å². The van der Waals surface area contributed by atoms with Gasteiger partial charge in [0.05, 0.1) is 0 Å². The van der Waals surface area contributed by atoms with Crippen LogP contribution < -0.4 is 5.32 Å². The first-order chi connectivity index (χ1) is 7.79. The Morgan fingerprint density at radius 1 is 1.31 bits per heavy atom. The van der Waals surface area contributed by atoms with Crippen LogP contribution in [0.4, 0.5) is 0 Å². The van der Waals surface area contributed by atoms with Crippen LogP contribution in [0.5, 0.6) is 0 Å². The van der Waals surface area contributed by atoms with Crippen LogP contribution in [-0.2, 0) is 0 Å². The van der Waals surface area contributed by atoms with Gasteiger partial charge in [0.2, 0.25) is 0 Å². The Balaban J connectivity index is 1.91. The number of rotatable bonds is 6. The highest BCUT2D eigenvalue weighted by Gasteiger charge is 2.36. The summed E-state index contributed by atoms with van der Waals surface area (Å²) in [5, 5.41) is 3.61. The van der Waals surface area contributed by atoms with E-state index in [0.717, 1.165) is 6.04 Å². The summed E-state index contributed by atoms with van der Waals surface area (Å²) in [6.07, 6.45) is 8.36. The van der Waals surface area contributed by atoms with E-state index in [1.807, 2.05) is 0 Å². The molecule has 2 nitrogen and oxygen atoms in total. The van der Waals surface area contributed by atoms with E-state index < -0.39 is 0 Å². The van der Waals surface area contributed by atoms with Gasteiger partial charge in [0.25, 0.3) is 0 Å². The van der Waals surface area contributed by atoms with E-state index in [-0.39, 0.29) is 0 Å². The SMILES string of the molecule is CCCN(CC1(CC)CCCNC1)C1CC1. The normalized spacial score (nSPS) is 30.9. The summed E-state index contributed by atoms with van der Waals surface area (Å²) in [6.45, 7) is 9.83. The Morgan fingerprint density at radius 2 is 2.12 bits per heavy atom. The summed E-state index contributed by atoms with van der Waals surface area (Å²) in [5.41, 5.74) is 0.579. The predicted octanol–water partition coefficient (Wildman–Crippen LogP) is 2.64. The molecule has 1 aliphatic carbocycles. The Hall–Kier alpha value is -0.0800. The zero-order chi connectivity index (χ0) is 11.4. The topological polar surface area (TPSA) is 15.3 Å². The van der Waals surface area contributed by atoms with Gasteiger partial charge in [-0.3, -0.25) is 4.90 Å². The molecular weight excluding hydrogens is 196 g/mol. The van der Waals surface area contributed by atoms with Gasteiger partial charge in [0.1, 0.15) is 0 Å². The van der Waals surface area contributed by atoms with Gasteiger partial charge >= 0.3 is 0 Å². The van der Waals surface area contributed by atoms with Crippen molar-refractivity contribution < 1.29 is 0 Å². The zero-order valence-corrected chi connectivity index (χ0v) is 11.1. The van der Waals surface area contributed by atoms with E-state index in [0.29, 0.717) is 5.41 Å². The highest BCUT2D eigenvalue weighted by atomic mass is 15.2. The molecule has 0 spiro atoms. The number of piperidine rings is 1. The van der Waals surface area contributed by atoms with Crippen molar-refractivity contribution in [3.8, 4) is 0 Å². The van der Waals surface area contributed by atoms with Crippen molar-refractivity contribution in [1.29, 1.82) is 0 Å². The summed E-state index contributed by atoms with van der Waals surface area (Å²) >= 11 is 0. The van der Waals surface area contributed by atoms with E-state index in [4.69, 9.17) is 0 Å². The predicted molar refractivity (Wildman–Crippen MR) is 69.7 cm³/mol. The van der Waals surface area contributed by atoms with Crippen molar-refractivity contribution >= 4 is 0 Å². The van der Waals surface area contributed by atoms with Crippen molar-refractivity contribution in [1.82, 2.24) is 10.2 Å². The van der Waals surface area contributed by atoms with Crippen molar-refractivity contribution in [2.24, 2.45) is 5.41 Å². The molecule has 1 heterocycles. The fourth-order valence-corrected chi connectivity index (χ4v) is 3.13. The second-order valence-electron chi connectivity index (χ2n) is 5.84. The molecule has 1 aliphatic heterocycles. The van der Waals surface area contributed by atoms with E-state index in [2.05, 4.69) is 24.1 Å². The molecular formula is C14H28N2. The molecule has 2 aliphatic rings. The van der Waals surface area contributed by atoms with Gasteiger partial charge in [-0.1, -0.05) is 13.8 Å². The molecule has 94 valence electrons. The Kier molecular flexibility index (Phi) is 4.26. The molecule has 0 bridgehead atoms. The minimum atomic E-state index is 0.579. The third-order valence-electron chi connectivity index (χ3n) is 4.42. The van der Waals surface area contributed by atoms with Crippen LogP contribution in [0.15, 0.2) is 0 Å². The van der Waals surface area contributed by atoms with E-state index in [9.17, 15) is 0 Å². The molecule has 2 fully saturated rings. The number of hydrogen-bond donors (Lipinski definition) is 1. The maximum absolute atomic E-state index is 3.61. The van der Waals surface area contributed by atoms with Gasteiger partial charge in [0, 0.05) is 19.1 Å². The monoisotopic (exact) mass is 224 g/mol. The van der Waals surface area contributed by atoms with Crippen LogP contribution in [0.1, 0.15) is 52.4 Å². The van der Waals surface area contributed by atoms with Crippen LogP contribution in [-0.4, -0.2) is 37.1 Å². The molecule has 1 saturated heterocycles. The molecule has 0 amide bonds. The smallest absolute Gasteiger partial charge is 0.00966 e. The van der Waals surface area contributed by atoms with Crippen molar-refractivity contribution in [3.05, 3.63) is 0 Å². The number of hydrogen-bond acceptors (Lipinski definition) is 2. The van der Waals surface area contributed by atoms with E-state index in [1.54, 1.807) is 0 Å². The van der Waals surface area contributed by atoms with E-state index in [1.165, 1.54) is 64.7 Å². The van der Waals surface area contributed by atoms with Crippen molar-refractivity contribution in [3.63, 3.8) is 0 Å². The van der Waals surface area contributed by atoms with Gasteiger partial charge in [0.15, 0.2) is 0 Å². The lowest BCUT2D eigenvalue weighted by atomic mass is 9.78. The molecule has 1 N–H and O–H groups in total. The minimum Gasteiger partial charge on any atom is -0.316 e. The summed E-state index contributed by atoms with van der Waals surface area (Å²) in [4.78, 5) is 2.77. The number of nitrogens with zero attached hydrogens (tertiary/aromatic N) is 1. The standard InChI is InChI=1S/C14H28N2/c1-3-10-16(13-6-7-13)12-14(4-2)8-5-9-15-11-14/h13,15H,3-12H2,1-2H3. The van der Waals surface area contributed by atoms with Crippen LogP contribution in [0.3, 0.4) is 0 Å². The molecule has 0 radical (unpaired) electrons. The molecule has 0 aromatic carbocycles. The van der Waals surface area contributed by atoms with Crippen LogP contribution in [0, 0.1) is 5.41 Å². The summed E-state index contributed by atoms with van der Waals surface area (Å²) in [5.74, 6) is 0. The minimum absolute atomic E-state index is 0.579. The molecule has 2 rings (SSSR count). The molecule has 0 aromatic rings. The highest BCUT2D eigenvalue weighted by molar-refractivity contribution is 4.92. The third kappa shape index (κ3) is 2.98. The number of nitrogens with one attached hydrogen (secondary N) is 1. The fraction of sp³-hybridized carbons (Fsp3) is 1.00. The van der Waals surface area contributed by atoms with Gasteiger partial charge in [-0.2, -0.15) is 0 Å². The molecule has 1 unspecified atom stereocenters. The van der Waals surface area contributed by atoms with Gasteiger partial charge < -0.3 is 5.32 Å². The Morgan fingerprint density at radius 3 is 2.62 bits per heavy atom. The first-order valence-electron chi connectivity index (χ1n) is 7.24. The Bertz CT molecular complexity index is 205. The second-order valence-corrected chi connectivity index (χ2v) is 5.84. The second kappa shape index (κ2) is 5.50. The summed E-state index contributed by atoms with van der Waals surface area (Å²) in [7, 11) is 0. The average molecular weight is 224 g/mol. The largest absolute Gasteiger partial charge is 0.316 e. The summed E-state index contributed by atoms with van der Waals surface area (Å²) in [6, 6.07) is 0.935. The Labute approximate surface area is 101 Å². The maximum Gasteiger partial charge on any atom is 0.00966 e. The first kappa shape index (κ1) is 12.4. The van der Waals surface area contributed by atoms with Gasteiger partial charge in [-0.15, -0.1) is 0 Å². The molecule has 16 heavy (non-hydrogen) atoms. The van der Waals surface area contributed by atoms with Gasteiger partial charge in [-0.25, -0.2) is 0 Å². The molecule has 1 saturated carbocycles. The lowest BCUT2D eigenvalue weighted by Crippen LogP contribution is -2.48. The van der Waals surface area contributed by atoms with Gasteiger partial charge in [-0.05, 0) is 57.0 Å². The molecule has 1 atom stereocenters. The van der Waals surface area contributed by atoms with Crippen LogP contribution >= 0.6 is 0 Å². The van der Waals surface area contributed by atoms with Crippen LogP contribution in [0.2, 0.25) is 0 Å². The zero-order valence-electron chi connectivity index (χ0n) is 11.1. The van der Waals surface area contributed by atoms with E-state index >= 15 is 0 Å². The highest BCUT2D eigenvalue weighted by Crippen LogP contribution is 2.35. The lowest BCUT2D eigenvalue weighted by Gasteiger charge is -2.41. The first-order valence-corrected chi connectivity index (χ1v) is 7.24. The quantitative estimate of drug-likeness (QED) is 0.746. The van der Waals surface area contributed by atoms with Crippen molar-refractivity contribution in [2.45, 2.75) is 58.4 Å². The molecule has 0 aromatic heterocycles. The summed E-state index contributed by atoms with van der Waals surface area (Å²) < 4.78 is 0. The van der Waals surface area contributed by atoms with Crippen molar-refractivity contribution in [2.75, 3.05) is 26.2 Å². The fourth-order valence-electron chi connectivity index (χ4n) is 3.13. The lowest BCUT2D eigenvalue weighted by molar-refractivity contribution is 0.106. The third-order valence-corrected chi connectivity index (χ3v) is 4.42. The maximum atomic E-state index is 3.61. The average Bonchev–Trinajstić information content (AvgIpc) is 3.14. The molecule has 2 heteroatoms.